The fourth-order valence-electron chi connectivity index (χ4n) is 3.03. The highest BCUT2D eigenvalue weighted by Crippen LogP contribution is 2.37. The van der Waals surface area contributed by atoms with Crippen molar-refractivity contribution < 1.29 is 19.1 Å². The smallest absolute Gasteiger partial charge is 0.234 e. The second kappa shape index (κ2) is 8.15. The minimum atomic E-state index is -0.272. The van der Waals surface area contributed by atoms with Crippen molar-refractivity contribution in [1.82, 2.24) is 20.0 Å². The van der Waals surface area contributed by atoms with Gasteiger partial charge >= 0.3 is 0 Å². The average molecular weight is 425 g/mol. The Bertz CT molecular complexity index is 1130. The fraction of sp³-hybridized carbons (Fsp3) is 0.250. The van der Waals surface area contributed by atoms with Crippen LogP contribution in [-0.2, 0) is 4.79 Å². The van der Waals surface area contributed by atoms with Gasteiger partial charge in [-0.1, -0.05) is 11.8 Å². The first-order valence-electron chi connectivity index (χ1n) is 9.15. The second-order valence-electron chi connectivity index (χ2n) is 6.71. The number of carbonyl (C=O) groups is 2. The summed E-state index contributed by atoms with van der Waals surface area (Å²) in [4.78, 5) is 24.3. The van der Waals surface area contributed by atoms with E-state index in [0.29, 0.717) is 33.6 Å². The number of hydrogen-bond acceptors (Lipinski definition) is 8. The van der Waals surface area contributed by atoms with Crippen LogP contribution in [0.15, 0.2) is 35.4 Å². The van der Waals surface area contributed by atoms with E-state index in [1.165, 1.54) is 18.7 Å². The molecule has 1 N–H and O–H groups in total. The lowest BCUT2D eigenvalue weighted by molar-refractivity contribution is -0.113. The Hall–Kier alpha value is -3.40. The van der Waals surface area contributed by atoms with E-state index in [4.69, 9.17) is 9.47 Å². The molecular weight excluding hydrogens is 406 g/mol. The molecule has 30 heavy (non-hydrogen) atoms. The van der Waals surface area contributed by atoms with Crippen LogP contribution in [0.4, 0.5) is 5.69 Å². The van der Waals surface area contributed by atoms with Gasteiger partial charge in [0.1, 0.15) is 5.03 Å². The number of anilines is 1. The summed E-state index contributed by atoms with van der Waals surface area (Å²) in [6.07, 6.45) is 0. The number of Topliss-reactive ketones (excluding diaryl/α,β-unsaturated/α-hetero) is 1. The number of hydrogen-bond donors (Lipinski definition) is 1. The molecule has 2 aromatic heterocycles. The largest absolute Gasteiger partial charge is 0.454 e. The summed E-state index contributed by atoms with van der Waals surface area (Å²) in [5.74, 6) is 1.26. The van der Waals surface area contributed by atoms with E-state index in [2.05, 4.69) is 20.6 Å². The molecule has 0 saturated heterocycles. The van der Waals surface area contributed by atoms with E-state index in [1.807, 2.05) is 19.9 Å². The van der Waals surface area contributed by atoms with E-state index >= 15 is 0 Å². The number of nitrogens with one attached hydrogen (secondary N) is 1. The lowest BCUT2D eigenvalue weighted by Gasteiger charge is -2.10. The first-order chi connectivity index (χ1) is 14.4. The van der Waals surface area contributed by atoms with Gasteiger partial charge in [-0.25, -0.2) is 4.68 Å². The molecule has 3 aromatic rings. The zero-order chi connectivity index (χ0) is 21.3. The Morgan fingerprint density at radius 1 is 1.13 bits per heavy atom. The maximum Gasteiger partial charge on any atom is 0.234 e. The summed E-state index contributed by atoms with van der Waals surface area (Å²) < 4.78 is 12.3. The molecule has 0 radical (unpaired) electrons. The molecule has 154 valence electrons. The average Bonchev–Trinajstić information content (AvgIpc) is 3.31. The molecule has 0 unspecified atom stereocenters. The van der Waals surface area contributed by atoms with Gasteiger partial charge in [0.15, 0.2) is 23.1 Å². The Kier molecular flexibility index (Phi) is 5.40. The lowest BCUT2D eigenvalue weighted by atomic mass is 10.1. The zero-order valence-corrected chi connectivity index (χ0v) is 17.4. The van der Waals surface area contributed by atoms with Gasteiger partial charge in [-0.2, -0.15) is 5.10 Å². The summed E-state index contributed by atoms with van der Waals surface area (Å²) in [5, 5.41) is 16.1. The van der Waals surface area contributed by atoms with Gasteiger partial charge in [-0.3, -0.25) is 9.59 Å². The van der Waals surface area contributed by atoms with Gasteiger partial charge in [0.25, 0.3) is 0 Å². The van der Waals surface area contributed by atoms with Crippen LogP contribution in [-0.4, -0.2) is 44.2 Å². The Labute approximate surface area is 176 Å². The van der Waals surface area contributed by atoms with Crippen LogP contribution in [0.3, 0.4) is 0 Å². The number of rotatable bonds is 6. The van der Waals surface area contributed by atoms with Crippen LogP contribution in [0.1, 0.15) is 28.7 Å². The summed E-state index contributed by atoms with van der Waals surface area (Å²) in [7, 11) is 0. The molecule has 1 amide bonds. The number of amides is 1. The van der Waals surface area contributed by atoms with Crippen LogP contribution in [0.2, 0.25) is 0 Å². The second-order valence-corrected chi connectivity index (χ2v) is 7.71. The van der Waals surface area contributed by atoms with E-state index in [9.17, 15) is 9.59 Å². The van der Waals surface area contributed by atoms with Gasteiger partial charge in [0.2, 0.25) is 12.7 Å². The van der Waals surface area contributed by atoms with E-state index < -0.39 is 0 Å². The van der Waals surface area contributed by atoms with Crippen molar-refractivity contribution in [3.05, 3.63) is 47.3 Å². The van der Waals surface area contributed by atoms with Crippen LogP contribution in [0.25, 0.3) is 5.82 Å². The first-order valence-corrected chi connectivity index (χ1v) is 10.1. The number of aromatic nitrogens is 4. The maximum absolute atomic E-state index is 12.4. The molecule has 1 aliphatic rings. The third-order valence-corrected chi connectivity index (χ3v) is 5.29. The maximum atomic E-state index is 12.4. The van der Waals surface area contributed by atoms with Crippen LogP contribution in [0, 0.1) is 13.8 Å². The van der Waals surface area contributed by atoms with Crippen molar-refractivity contribution in [2.75, 3.05) is 17.9 Å². The van der Waals surface area contributed by atoms with Crippen molar-refractivity contribution in [2.24, 2.45) is 0 Å². The molecule has 3 heterocycles. The third kappa shape index (κ3) is 4.13. The predicted octanol–water partition coefficient (Wildman–Crippen LogP) is 2.94. The van der Waals surface area contributed by atoms with Crippen molar-refractivity contribution in [2.45, 2.75) is 25.8 Å². The molecule has 0 fully saturated rings. The van der Waals surface area contributed by atoms with Crippen LogP contribution >= 0.6 is 11.8 Å². The standard InChI is InChI=1S/C20H19N5O4S/c1-11-6-12(2)25(24-11)18-4-5-20(23-22-18)30-9-19(27)21-15-8-17-16(28-10-29-17)7-14(15)13(3)26/h4-8H,9-10H2,1-3H3,(H,21,27). The molecule has 0 aliphatic carbocycles. The van der Waals surface area contributed by atoms with Crippen molar-refractivity contribution in [3.63, 3.8) is 0 Å². The van der Waals surface area contributed by atoms with Gasteiger partial charge in [0, 0.05) is 17.3 Å². The lowest BCUT2D eigenvalue weighted by Crippen LogP contribution is -2.16. The number of benzene rings is 1. The van der Waals surface area contributed by atoms with E-state index in [1.54, 1.807) is 28.9 Å². The monoisotopic (exact) mass is 425 g/mol. The van der Waals surface area contributed by atoms with Crippen molar-refractivity contribution >= 4 is 29.1 Å². The molecule has 0 spiro atoms. The SMILES string of the molecule is CC(=O)c1cc2c(cc1NC(=O)CSc1ccc(-n3nc(C)cc3C)nn1)OCO2. The highest BCUT2D eigenvalue weighted by molar-refractivity contribution is 7.99. The number of aryl methyl sites for hydroxylation is 2. The summed E-state index contributed by atoms with van der Waals surface area (Å²) >= 11 is 1.24. The molecule has 0 saturated carbocycles. The summed E-state index contributed by atoms with van der Waals surface area (Å²) in [6, 6.07) is 8.73. The molecule has 4 rings (SSSR count). The number of carbonyl (C=O) groups excluding carboxylic acids is 2. The highest BCUT2D eigenvalue weighted by Gasteiger charge is 2.20. The van der Waals surface area contributed by atoms with E-state index in [0.717, 1.165) is 11.4 Å². The molecule has 0 atom stereocenters. The Morgan fingerprint density at radius 3 is 2.53 bits per heavy atom. The fourth-order valence-corrected chi connectivity index (χ4v) is 3.64. The normalized spacial score (nSPS) is 12.1. The van der Waals surface area contributed by atoms with Gasteiger partial charge in [-0.15, -0.1) is 10.2 Å². The van der Waals surface area contributed by atoms with Crippen molar-refractivity contribution in [3.8, 4) is 17.3 Å². The first kappa shape index (κ1) is 19.9. The predicted molar refractivity (Wildman–Crippen MR) is 111 cm³/mol. The van der Waals surface area contributed by atoms with Gasteiger partial charge < -0.3 is 14.8 Å². The molecule has 0 bridgehead atoms. The zero-order valence-electron chi connectivity index (χ0n) is 16.6. The number of ketones is 1. The number of thioether (sulfide) groups is 1. The number of ether oxygens (including phenoxy) is 2. The third-order valence-electron chi connectivity index (χ3n) is 4.37. The molecule has 9 nitrogen and oxygen atoms in total. The van der Waals surface area contributed by atoms with Gasteiger partial charge in [0.05, 0.1) is 17.1 Å². The Balaban J connectivity index is 1.41. The van der Waals surface area contributed by atoms with E-state index in [-0.39, 0.29) is 24.2 Å². The molecular formula is C20H19N5O4S. The summed E-state index contributed by atoms with van der Waals surface area (Å²) in [6.45, 7) is 5.38. The minimum Gasteiger partial charge on any atom is -0.454 e. The molecule has 1 aromatic carbocycles. The quantitative estimate of drug-likeness (QED) is 0.474. The van der Waals surface area contributed by atoms with Crippen molar-refractivity contribution in [1.29, 1.82) is 0 Å². The number of nitrogens with zero attached hydrogens (tertiary/aromatic N) is 4. The number of fused-ring (bicyclic) bond motifs is 1. The van der Waals surface area contributed by atoms with Gasteiger partial charge in [-0.05, 0) is 45.0 Å². The Morgan fingerprint density at radius 2 is 1.90 bits per heavy atom. The topological polar surface area (TPSA) is 108 Å². The van der Waals surface area contributed by atoms with Crippen LogP contribution in [0.5, 0.6) is 11.5 Å². The van der Waals surface area contributed by atoms with Crippen LogP contribution < -0.4 is 14.8 Å². The summed E-state index contributed by atoms with van der Waals surface area (Å²) in [5.41, 5.74) is 2.62. The molecule has 1 aliphatic heterocycles. The molecule has 10 heteroatoms. The highest BCUT2D eigenvalue weighted by atomic mass is 32.2. The minimum absolute atomic E-state index is 0.0895.